The molecule has 8 heteroatoms. The van der Waals surface area contributed by atoms with Crippen LogP contribution in [0.5, 0.6) is 0 Å². The second-order valence-electron chi connectivity index (χ2n) is 4.31. The summed E-state index contributed by atoms with van der Waals surface area (Å²) in [6, 6.07) is 0. The number of carbonyl (C=O) groups excluding carboxylic acids is 1. The van der Waals surface area contributed by atoms with Crippen molar-refractivity contribution >= 4 is 25.6 Å². The van der Waals surface area contributed by atoms with Gasteiger partial charge in [0.25, 0.3) is 9.05 Å². The first-order valence-corrected chi connectivity index (χ1v) is 8.26. The number of carbonyl (C=O) groups is 1. The molecule has 1 aromatic heterocycles. The predicted molar refractivity (Wildman–Crippen MR) is 72.7 cm³/mol. The van der Waals surface area contributed by atoms with Crippen molar-refractivity contribution in [2.45, 2.75) is 38.1 Å². The molecule has 1 heterocycles. The van der Waals surface area contributed by atoms with E-state index in [0.29, 0.717) is 24.2 Å². The Bertz CT molecular complexity index is 578. The molecule has 1 amide bonds. The van der Waals surface area contributed by atoms with Crippen molar-refractivity contribution in [1.29, 1.82) is 0 Å². The van der Waals surface area contributed by atoms with Crippen molar-refractivity contribution in [3.63, 3.8) is 0 Å². The first-order chi connectivity index (χ1) is 8.72. The molecule has 0 N–H and O–H groups in total. The van der Waals surface area contributed by atoms with Crippen molar-refractivity contribution in [2.75, 3.05) is 14.1 Å². The van der Waals surface area contributed by atoms with E-state index in [1.165, 1.54) is 9.58 Å². The molecule has 0 aliphatic heterocycles. The summed E-state index contributed by atoms with van der Waals surface area (Å²) in [5.41, 5.74) is 0.875. The maximum atomic E-state index is 11.7. The quantitative estimate of drug-likeness (QED) is 0.762. The Balaban J connectivity index is 3.36. The van der Waals surface area contributed by atoms with Gasteiger partial charge < -0.3 is 4.90 Å². The summed E-state index contributed by atoms with van der Waals surface area (Å²) in [5, 5.41) is 4.19. The Labute approximate surface area is 117 Å². The Morgan fingerprint density at radius 2 is 1.89 bits per heavy atom. The van der Waals surface area contributed by atoms with Gasteiger partial charge in [-0.1, -0.05) is 13.8 Å². The molecule has 0 bridgehead atoms. The van der Waals surface area contributed by atoms with Gasteiger partial charge in [-0.15, -0.1) is 0 Å². The summed E-state index contributed by atoms with van der Waals surface area (Å²) in [6.45, 7) is 3.61. The lowest BCUT2D eigenvalue weighted by atomic mass is 10.2. The first kappa shape index (κ1) is 16.0. The lowest BCUT2D eigenvalue weighted by Gasteiger charge is -2.11. The Morgan fingerprint density at radius 3 is 2.26 bits per heavy atom. The summed E-state index contributed by atoms with van der Waals surface area (Å²) in [6.07, 6.45) is 0.881. The Morgan fingerprint density at radius 1 is 1.32 bits per heavy atom. The van der Waals surface area contributed by atoms with E-state index in [2.05, 4.69) is 5.10 Å². The standard InChI is InChI=1S/C11H18ClN3O3S/c1-5-8-11(19(12,17)18)9(6-2)15(13-8)7-10(16)14(3)4/h5-7H2,1-4H3. The van der Waals surface area contributed by atoms with Gasteiger partial charge in [0.15, 0.2) is 0 Å². The number of rotatable bonds is 5. The Kier molecular flexibility index (Phi) is 4.98. The summed E-state index contributed by atoms with van der Waals surface area (Å²) >= 11 is 0. The third kappa shape index (κ3) is 3.48. The van der Waals surface area contributed by atoms with Gasteiger partial charge in [0, 0.05) is 24.8 Å². The van der Waals surface area contributed by atoms with Crippen LogP contribution in [0.4, 0.5) is 0 Å². The van der Waals surface area contributed by atoms with E-state index < -0.39 is 9.05 Å². The minimum Gasteiger partial charge on any atom is -0.347 e. The average Bonchev–Trinajstić information content (AvgIpc) is 2.66. The largest absolute Gasteiger partial charge is 0.347 e. The molecule has 1 aromatic rings. The number of amides is 1. The highest BCUT2D eigenvalue weighted by Gasteiger charge is 2.26. The lowest BCUT2D eigenvalue weighted by molar-refractivity contribution is -0.129. The molecule has 0 aromatic carbocycles. The molecule has 19 heavy (non-hydrogen) atoms. The van der Waals surface area contributed by atoms with Crippen LogP contribution < -0.4 is 0 Å². The third-order valence-electron chi connectivity index (χ3n) is 2.77. The van der Waals surface area contributed by atoms with Gasteiger partial charge in [-0.25, -0.2) is 8.42 Å². The maximum Gasteiger partial charge on any atom is 0.264 e. The number of likely N-dealkylation sites (N-methyl/N-ethyl adjacent to an activating group) is 1. The lowest BCUT2D eigenvalue weighted by Crippen LogP contribution is -2.27. The summed E-state index contributed by atoms with van der Waals surface area (Å²) < 4.78 is 24.7. The van der Waals surface area contributed by atoms with E-state index in [-0.39, 0.29) is 17.3 Å². The van der Waals surface area contributed by atoms with E-state index in [9.17, 15) is 13.2 Å². The van der Waals surface area contributed by atoms with Crippen LogP contribution in [0.25, 0.3) is 0 Å². The van der Waals surface area contributed by atoms with Crippen LogP contribution in [0, 0.1) is 0 Å². The van der Waals surface area contributed by atoms with Crippen molar-refractivity contribution in [1.82, 2.24) is 14.7 Å². The maximum absolute atomic E-state index is 11.7. The zero-order valence-corrected chi connectivity index (χ0v) is 13.0. The average molecular weight is 308 g/mol. The van der Waals surface area contributed by atoms with Gasteiger partial charge in [0.2, 0.25) is 5.91 Å². The second kappa shape index (κ2) is 5.92. The van der Waals surface area contributed by atoms with Crippen molar-refractivity contribution in [2.24, 2.45) is 0 Å². The number of hydrogen-bond acceptors (Lipinski definition) is 4. The normalized spacial score (nSPS) is 11.6. The van der Waals surface area contributed by atoms with Gasteiger partial charge in [-0.3, -0.25) is 9.48 Å². The molecule has 1 rings (SSSR count). The van der Waals surface area contributed by atoms with Crippen LogP contribution in [-0.4, -0.2) is 43.1 Å². The van der Waals surface area contributed by atoms with Crippen molar-refractivity contribution in [3.8, 4) is 0 Å². The Hall–Kier alpha value is -1.08. The van der Waals surface area contributed by atoms with Gasteiger partial charge in [-0.05, 0) is 12.8 Å². The van der Waals surface area contributed by atoms with Crippen LogP contribution in [-0.2, 0) is 33.2 Å². The fourth-order valence-corrected chi connectivity index (χ4v) is 3.32. The van der Waals surface area contributed by atoms with E-state index in [1.54, 1.807) is 27.9 Å². The third-order valence-corrected chi connectivity index (χ3v) is 4.20. The molecule has 0 aliphatic carbocycles. The number of hydrogen-bond donors (Lipinski definition) is 0. The second-order valence-corrected chi connectivity index (χ2v) is 6.82. The summed E-state index contributed by atoms with van der Waals surface area (Å²) in [5.74, 6) is -0.154. The molecule has 0 radical (unpaired) electrons. The smallest absolute Gasteiger partial charge is 0.264 e. The number of nitrogens with zero attached hydrogens (tertiary/aromatic N) is 3. The molecule has 0 aliphatic rings. The highest BCUT2D eigenvalue weighted by Crippen LogP contribution is 2.25. The molecule has 0 atom stereocenters. The monoisotopic (exact) mass is 307 g/mol. The molecule has 0 saturated carbocycles. The molecule has 0 spiro atoms. The molecular weight excluding hydrogens is 290 g/mol. The van der Waals surface area contributed by atoms with Crippen molar-refractivity contribution < 1.29 is 13.2 Å². The van der Waals surface area contributed by atoms with Gasteiger partial charge in [0.1, 0.15) is 11.4 Å². The fraction of sp³-hybridized carbons (Fsp3) is 0.636. The first-order valence-electron chi connectivity index (χ1n) is 5.95. The highest BCUT2D eigenvalue weighted by atomic mass is 35.7. The highest BCUT2D eigenvalue weighted by molar-refractivity contribution is 8.13. The van der Waals surface area contributed by atoms with Crippen molar-refractivity contribution in [3.05, 3.63) is 11.4 Å². The zero-order valence-electron chi connectivity index (χ0n) is 11.5. The number of halogens is 1. The fourth-order valence-electron chi connectivity index (χ4n) is 1.79. The number of aryl methyl sites for hydroxylation is 1. The van der Waals surface area contributed by atoms with E-state index in [0.717, 1.165) is 0 Å². The van der Waals surface area contributed by atoms with Crippen LogP contribution in [0.15, 0.2) is 4.90 Å². The van der Waals surface area contributed by atoms with Gasteiger partial charge >= 0.3 is 0 Å². The van der Waals surface area contributed by atoms with E-state index in [4.69, 9.17) is 10.7 Å². The molecular formula is C11H18ClN3O3S. The molecule has 0 unspecified atom stereocenters. The zero-order chi connectivity index (χ0) is 14.8. The van der Waals surface area contributed by atoms with Gasteiger partial charge in [0.05, 0.1) is 11.4 Å². The van der Waals surface area contributed by atoms with E-state index >= 15 is 0 Å². The van der Waals surface area contributed by atoms with Gasteiger partial charge in [-0.2, -0.15) is 5.10 Å². The molecule has 6 nitrogen and oxygen atoms in total. The summed E-state index contributed by atoms with van der Waals surface area (Å²) in [4.78, 5) is 13.2. The molecule has 0 fully saturated rings. The topological polar surface area (TPSA) is 72.3 Å². The van der Waals surface area contributed by atoms with Crippen LogP contribution in [0.3, 0.4) is 0 Å². The number of aromatic nitrogens is 2. The predicted octanol–water partition coefficient (Wildman–Crippen LogP) is 1.02. The minimum atomic E-state index is -3.86. The van der Waals surface area contributed by atoms with Crippen LogP contribution in [0.1, 0.15) is 25.2 Å². The summed E-state index contributed by atoms with van der Waals surface area (Å²) in [7, 11) is 4.88. The molecule has 0 saturated heterocycles. The van der Waals surface area contributed by atoms with Crippen LogP contribution in [0.2, 0.25) is 0 Å². The minimum absolute atomic E-state index is 0.00951. The van der Waals surface area contributed by atoms with Crippen LogP contribution >= 0.6 is 10.7 Å². The molecule has 108 valence electrons. The van der Waals surface area contributed by atoms with E-state index in [1.807, 2.05) is 0 Å². The SMILES string of the molecule is CCc1nn(CC(=O)N(C)C)c(CC)c1S(=O)(=O)Cl.